The summed E-state index contributed by atoms with van der Waals surface area (Å²) in [5.74, 6) is 0. The number of nitrogens with two attached hydrogens (primary N) is 1. The molecule has 11 heteroatoms. The zero-order valence-electron chi connectivity index (χ0n) is 8.45. The van der Waals surface area contributed by atoms with Gasteiger partial charge < -0.3 is 25.3 Å². The second-order valence-electron chi connectivity index (χ2n) is 2.74. The lowest BCUT2D eigenvalue weighted by molar-refractivity contribution is 0.345. The molecule has 0 aromatic heterocycles. The molecule has 0 aromatic rings. The third-order valence-electron chi connectivity index (χ3n) is 1.26. The molecule has 0 unspecified atom stereocenters. The lowest BCUT2D eigenvalue weighted by atomic mass is 10.3. The van der Waals surface area contributed by atoms with Crippen molar-refractivity contribution in [2.45, 2.75) is 23.6 Å². The molecule has 0 saturated carbocycles. The van der Waals surface area contributed by atoms with Gasteiger partial charge in [-0.2, -0.15) is 0 Å². The molecule has 0 fully saturated rings. The van der Waals surface area contributed by atoms with Crippen molar-refractivity contribution in [3.05, 3.63) is 0 Å². The maximum absolute atomic E-state index is 10.2. The Bertz CT molecular complexity index is 261. The predicted molar refractivity (Wildman–Crippen MR) is 62.5 cm³/mol. The highest BCUT2D eigenvalue weighted by Crippen LogP contribution is 2.73. The highest BCUT2D eigenvalue weighted by atomic mass is 35.5. The van der Waals surface area contributed by atoms with Gasteiger partial charge in [0, 0.05) is 0 Å². The van der Waals surface area contributed by atoms with E-state index >= 15 is 0 Å². The van der Waals surface area contributed by atoms with Crippen LogP contribution in [0.25, 0.3) is 0 Å². The van der Waals surface area contributed by atoms with Crippen LogP contribution in [-0.4, -0.2) is 29.9 Å². The molecule has 0 aliphatic rings. The summed E-state index contributed by atoms with van der Waals surface area (Å²) in [7, 11) is -10.4. The van der Waals surface area contributed by atoms with Crippen LogP contribution in [0.4, 0.5) is 0 Å². The normalized spacial score (nSPS) is 13.0. The van der Waals surface area contributed by atoms with E-state index in [1.807, 2.05) is 0 Å². The van der Waals surface area contributed by atoms with E-state index in [2.05, 4.69) is 6.92 Å². The molecular formula is C5H15Cl2NO6P2. The van der Waals surface area contributed by atoms with Crippen molar-refractivity contribution in [1.82, 2.24) is 0 Å². The van der Waals surface area contributed by atoms with Gasteiger partial charge >= 0.3 is 19.0 Å². The lowest BCUT2D eigenvalue weighted by Crippen LogP contribution is -2.13. The molecular weight excluding hydrogens is 303 g/mol. The zero-order chi connectivity index (χ0) is 13.6. The summed E-state index contributed by atoms with van der Waals surface area (Å²) in [5, 5.41) is 0. The second kappa shape index (κ2) is 7.31. The van der Waals surface area contributed by atoms with Crippen LogP contribution in [0.3, 0.4) is 0 Å². The standard InChI is InChI=1S/C4H11N.CH4Cl2O6P2/c1-2-3-4-5;2-1(3,10(4,5)6)11(7,8)9/h2-5H2,1H3;(H2,4,5,6)(H2,7,8,9). The van der Waals surface area contributed by atoms with Crippen LogP contribution in [0.15, 0.2) is 0 Å². The molecule has 7 nitrogen and oxygen atoms in total. The van der Waals surface area contributed by atoms with E-state index in [1.54, 1.807) is 0 Å². The first kappa shape index (κ1) is 19.2. The Balaban J connectivity index is 0. The summed E-state index contributed by atoms with van der Waals surface area (Å²) in [6, 6.07) is 0. The van der Waals surface area contributed by atoms with Crippen LogP contribution in [0.5, 0.6) is 0 Å². The Labute approximate surface area is 103 Å². The molecule has 0 bridgehead atoms. The molecule has 16 heavy (non-hydrogen) atoms. The maximum atomic E-state index is 10.2. The molecule has 100 valence electrons. The Morgan fingerprint density at radius 1 is 1.12 bits per heavy atom. The summed E-state index contributed by atoms with van der Waals surface area (Å²) in [5.41, 5.74) is 5.14. The van der Waals surface area contributed by atoms with Gasteiger partial charge in [0.15, 0.2) is 0 Å². The van der Waals surface area contributed by atoms with Gasteiger partial charge in [-0.3, -0.25) is 9.13 Å². The van der Waals surface area contributed by atoms with Gasteiger partial charge in [-0.1, -0.05) is 36.5 Å². The van der Waals surface area contributed by atoms with E-state index in [-0.39, 0.29) is 0 Å². The van der Waals surface area contributed by atoms with Crippen LogP contribution in [-0.2, 0) is 9.13 Å². The third kappa shape index (κ3) is 6.55. The largest absolute Gasteiger partial charge is 0.373 e. The summed E-state index contributed by atoms with van der Waals surface area (Å²) in [4.78, 5) is 32.9. The summed E-state index contributed by atoms with van der Waals surface area (Å²) in [6.45, 7) is 2.98. The van der Waals surface area contributed by atoms with Crippen LogP contribution < -0.4 is 5.73 Å². The van der Waals surface area contributed by atoms with Crippen molar-refractivity contribution in [2.24, 2.45) is 5.73 Å². The van der Waals surface area contributed by atoms with Gasteiger partial charge in [-0.25, -0.2) is 0 Å². The van der Waals surface area contributed by atoms with Crippen molar-refractivity contribution < 1.29 is 28.7 Å². The second-order valence-corrected chi connectivity index (χ2v) is 8.99. The molecule has 0 atom stereocenters. The number of halogens is 2. The fraction of sp³-hybridized carbons (Fsp3) is 1.00. The van der Waals surface area contributed by atoms with Gasteiger partial charge in [-0.15, -0.1) is 0 Å². The fourth-order valence-corrected chi connectivity index (χ4v) is 1.73. The summed E-state index contributed by atoms with van der Waals surface area (Å²) >= 11 is 9.46. The predicted octanol–water partition coefficient (Wildman–Crippen LogP) is 1.18. The molecule has 6 N–H and O–H groups in total. The fourth-order valence-electron chi connectivity index (χ4n) is 0.374. The molecule has 0 aliphatic carbocycles. The topological polar surface area (TPSA) is 141 Å². The highest BCUT2D eigenvalue weighted by Gasteiger charge is 2.58. The quantitative estimate of drug-likeness (QED) is 0.387. The Hall–Kier alpha value is 0.840. The van der Waals surface area contributed by atoms with Gasteiger partial charge in [0.2, 0.25) is 0 Å². The molecule has 0 aliphatic heterocycles. The zero-order valence-corrected chi connectivity index (χ0v) is 11.8. The third-order valence-corrected chi connectivity index (χ3v) is 6.87. The van der Waals surface area contributed by atoms with Crippen LogP contribution in [0, 0.1) is 0 Å². The van der Waals surface area contributed by atoms with E-state index in [0.717, 1.165) is 6.54 Å². The maximum Gasteiger partial charge on any atom is 0.373 e. The van der Waals surface area contributed by atoms with Crippen LogP contribution in [0.1, 0.15) is 19.8 Å². The first-order chi connectivity index (χ1) is 6.91. The number of alkyl halides is 2. The molecule has 0 saturated heterocycles. The molecule has 0 heterocycles. The van der Waals surface area contributed by atoms with E-state index in [0.29, 0.717) is 0 Å². The first-order valence-corrected chi connectivity index (χ1v) is 8.09. The smallest absolute Gasteiger partial charge is 0.330 e. The minimum atomic E-state index is -5.22. The summed E-state index contributed by atoms with van der Waals surface area (Å²) < 4.78 is 17.1. The van der Waals surface area contributed by atoms with Crippen molar-refractivity contribution in [2.75, 3.05) is 6.54 Å². The van der Waals surface area contributed by atoms with Crippen molar-refractivity contribution in [3.8, 4) is 0 Å². The van der Waals surface area contributed by atoms with Gasteiger partial charge in [0.25, 0.3) is 0 Å². The average Bonchev–Trinajstić information content (AvgIpc) is 2.02. The van der Waals surface area contributed by atoms with Gasteiger partial charge in [-0.05, 0) is 13.0 Å². The van der Waals surface area contributed by atoms with Gasteiger partial charge in [0.1, 0.15) is 0 Å². The van der Waals surface area contributed by atoms with Crippen LogP contribution in [0.2, 0.25) is 0 Å². The monoisotopic (exact) mass is 317 g/mol. The van der Waals surface area contributed by atoms with Crippen molar-refractivity contribution in [3.63, 3.8) is 0 Å². The van der Waals surface area contributed by atoms with Gasteiger partial charge in [0.05, 0.1) is 0 Å². The molecule has 0 amide bonds. The number of hydrogen-bond acceptors (Lipinski definition) is 3. The average molecular weight is 318 g/mol. The van der Waals surface area contributed by atoms with Crippen molar-refractivity contribution in [1.29, 1.82) is 0 Å². The Kier molecular flexibility index (Phi) is 8.77. The SMILES string of the molecule is CCCCN.O=P(O)(O)C(Cl)(Cl)P(=O)(O)O. The molecule has 0 radical (unpaired) electrons. The molecule has 0 spiro atoms. The first-order valence-electron chi connectivity index (χ1n) is 4.11. The Morgan fingerprint density at radius 2 is 1.44 bits per heavy atom. The molecule has 0 rings (SSSR count). The van der Waals surface area contributed by atoms with Crippen molar-refractivity contribution >= 4 is 38.4 Å². The van der Waals surface area contributed by atoms with E-state index in [4.69, 9.17) is 48.5 Å². The molecule has 0 aromatic carbocycles. The van der Waals surface area contributed by atoms with E-state index < -0.39 is 19.0 Å². The number of hydrogen-bond donors (Lipinski definition) is 5. The highest BCUT2D eigenvalue weighted by molar-refractivity contribution is 7.78. The van der Waals surface area contributed by atoms with Crippen LogP contribution >= 0.6 is 38.4 Å². The minimum absolute atomic E-state index is 0.844. The number of rotatable bonds is 4. The summed E-state index contributed by atoms with van der Waals surface area (Å²) in [6.07, 6.45) is 2.39. The number of unbranched alkanes of at least 4 members (excludes halogenated alkanes) is 1. The Morgan fingerprint density at radius 3 is 1.44 bits per heavy atom. The lowest BCUT2D eigenvalue weighted by Gasteiger charge is -2.20. The van der Waals surface area contributed by atoms with E-state index in [9.17, 15) is 9.13 Å². The minimum Gasteiger partial charge on any atom is -0.330 e. The van der Waals surface area contributed by atoms with E-state index in [1.165, 1.54) is 12.8 Å².